The Morgan fingerprint density at radius 3 is 2.59 bits per heavy atom. The van der Waals surface area contributed by atoms with E-state index in [1.807, 2.05) is 72.8 Å². The predicted molar refractivity (Wildman–Crippen MR) is 243 cm³/mol. The number of anilines is 1. The third-order valence-corrected chi connectivity index (χ3v) is 11.6. The van der Waals surface area contributed by atoms with Gasteiger partial charge < -0.3 is 35.5 Å². The van der Waals surface area contributed by atoms with Gasteiger partial charge in [-0.25, -0.2) is 0 Å². The average Bonchev–Trinajstić information content (AvgIpc) is 3.27. The minimum atomic E-state index is -0.532. The van der Waals surface area contributed by atoms with Gasteiger partial charge in [-0.15, -0.1) is 0 Å². The summed E-state index contributed by atoms with van der Waals surface area (Å²) < 4.78 is 18.4. The lowest BCUT2D eigenvalue weighted by Crippen LogP contribution is -2.24. The van der Waals surface area contributed by atoms with Crippen LogP contribution in [0.5, 0.6) is 17.2 Å². The van der Waals surface area contributed by atoms with Gasteiger partial charge in [-0.3, -0.25) is 9.79 Å². The summed E-state index contributed by atoms with van der Waals surface area (Å²) in [5, 5.41) is 27.1. The van der Waals surface area contributed by atoms with Crippen LogP contribution in [-0.2, 0) is 35.4 Å². The number of carbonyl (C=O) groups is 1. The van der Waals surface area contributed by atoms with Crippen molar-refractivity contribution in [3.63, 3.8) is 0 Å². The van der Waals surface area contributed by atoms with Crippen LogP contribution >= 0.6 is 0 Å². The fraction of sp³-hybridized carbons (Fsp3) is 0.308. The number of guanidine groups is 1. The second-order valence-corrected chi connectivity index (χ2v) is 16.0. The maximum absolute atomic E-state index is 13.8. The van der Waals surface area contributed by atoms with Crippen molar-refractivity contribution in [1.29, 1.82) is 0 Å². The van der Waals surface area contributed by atoms with Crippen LogP contribution in [0.4, 0.5) is 5.69 Å². The standard InChI is InChI=1S/C52H55N3O6/c1-54-52(53)55-43-14-8-12-36(29-43)11-6-7-13-39-18-21-44(56)31-42(39)32-46-33-45(57)20-15-37-17-24-49(59-2)50(30-37)61-34-38-16-22-47-40(28-38)19-23-48(58)51(47)41(25-26-60-46)27-35-9-4-3-5-10-35/h3-5,8-10,12,14,16-19,21-24,28-31,39,41-42,46,56,58H,6-7,11,13,15,20,27,32-34H2,1-2H3,(H3,53,54,55)/t39-,41+,42+,46+/m1/s1. The molecule has 1 aliphatic carbocycles. The molecule has 314 valence electrons. The number of fused-ring (bicyclic) bond motifs is 9. The molecule has 0 aromatic heterocycles. The quantitative estimate of drug-likeness (QED) is 0.0448. The maximum atomic E-state index is 13.8. The first-order valence-electron chi connectivity index (χ1n) is 21.2. The number of hydrogen-bond acceptors (Lipinski definition) is 7. The number of aryl methyl sites for hydroxylation is 2. The normalized spacial score (nSPS) is 19.4. The largest absolute Gasteiger partial charge is 0.508 e. The third kappa shape index (κ3) is 11.5. The number of aromatic hydroxyl groups is 1. The van der Waals surface area contributed by atoms with Crippen molar-refractivity contribution in [3.8, 4) is 29.3 Å². The number of nitrogens with two attached hydrogens (primary N) is 1. The highest BCUT2D eigenvalue weighted by atomic mass is 16.5. The smallest absolute Gasteiger partial charge is 0.192 e. The van der Waals surface area contributed by atoms with Crippen molar-refractivity contribution in [3.05, 3.63) is 155 Å². The number of nitrogens with zero attached hydrogens (tertiary/aromatic N) is 1. The predicted octanol–water partition coefficient (Wildman–Crippen LogP) is 10.1. The maximum Gasteiger partial charge on any atom is 0.192 e. The van der Waals surface area contributed by atoms with E-state index in [-0.39, 0.29) is 35.5 Å². The van der Waals surface area contributed by atoms with Gasteiger partial charge in [-0.05, 0) is 132 Å². The SMILES string of the molecule is CN=C(N)Nc1cccc(CCCC[C@@H]2C=CC(O)=C[C@H]2C[C@H]2CC(=O)CCc3ccc(OC)c(c3)OCc3ccc4c(c(O)ccc4c3)[C@H](Cc3ccccc3)C#CO2)c1. The summed E-state index contributed by atoms with van der Waals surface area (Å²) in [5.41, 5.74) is 11.7. The van der Waals surface area contributed by atoms with Crippen molar-refractivity contribution in [2.75, 3.05) is 19.5 Å². The van der Waals surface area contributed by atoms with E-state index in [9.17, 15) is 15.0 Å². The summed E-state index contributed by atoms with van der Waals surface area (Å²) in [6, 6.07) is 33.9. The molecule has 0 saturated carbocycles. The van der Waals surface area contributed by atoms with Crippen molar-refractivity contribution < 1.29 is 29.2 Å². The number of aliphatic hydroxyl groups is 1. The highest BCUT2D eigenvalue weighted by Crippen LogP contribution is 2.37. The fourth-order valence-electron chi connectivity index (χ4n) is 8.41. The van der Waals surface area contributed by atoms with E-state index in [2.05, 4.69) is 58.7 Å². The Morgan fingerprint density at radius 2 is 1.75 bits per heavy atom. The van der Waals surface area contributed by atoms with E-state index < -0.39 is 12.0 Å². The van der Waals surface area contributed by atoms with Crippen LogP contribution in [0.1, 0.15) is 72.3 Å². The highest BCUT2D eigenvalue weighted by molar-refractivity contribution is 5.92. The van der Waals surface area contributed by atoms with Crippen molar-refractivity contribution in [2.45, 2.75) is 76.4 Å². The fourth-order valence-corrected chi connectivity index (χ4v) is 8.41. The molecule has 0 amide bonds. The molecule has 0 radical (unpaired) electrons. The van der Waals surface area contributed by atoms with E-state index in [0.29, 0.717) is 49.7 Å². The Balaban J connectivity index is 1.15. The number of hydrogen-bond donors (Lipinski definition) is 4. The summed E-state index contributed by atoms with van der Waals surface area (Å²) in [7, 11) is 3.27. The Kier molecular flexibility index (Phi) is 14.3. The van der Waals surface area contributed by atoms with Gasteiger partial charge in [0.25, 0.3) is 0 Å². The number of aliphatic hydroxyl groups excluding tert-OH is 1. The van der Waals surface area contributed by atoms with Crippen LogP contribution < -0.4 is 20.5 Å². The number of aliphatic imine (C=N–C) groups is 1. The summed E-state index contributed by atoms with van der Waals surface area (Å²) in [4.78, 5) is 17.8. The number of phenols is 1. The molecule has 0 fully saturated rings. The topological polar surface area (TPSA) is 136 Å². The molecule has 9 nitrogen and oxygen atoms in total. The Morgan fingerprint density at radius 1 is 0.918 bits per heavy atom. The van der Waals surface area contributed by atoms with Gasteiger partial charge in [0.1, 0.15) is 36.1 Å². The average molecular weight is 818 g/mol. The number of allylic oxidation sites excluding steroid dienone is 3. The number of ketones is 1. The molecule has 2 aliphatic heterocycles. The number of carbonyl (C=O) groups excluding carboxylic acids is 1. The molecular weight excluding hydrogens is 763 g/mol. The number of methoxy groups -OCH3 is 1. The summed E-state index contributed by atoms with van der Waals surface area (Å²) in [6.07, 6.45) is 14.1. The van der Waals surface area contributed by atoms with E-state index in [4.69, 9.17) is 19.9 Å². The van der Waals surface area contributed by atoms with Gasteiger partial charge in [0.15, 0.2) is 17.5 Å². The zero-order valence-electron chi connectivity index (χ0n) is 35.0. The number of unbranched alkanes of at least 4 members (excludes halogenated alkanes) is 1. The minimum Gasteiger partial charge on any atom is -0.508 e. The van der Waals surface area contributed by atoms with Crippen molar-refractivity contribution in [2.24, 2.45) is 22.6 Å². The van der Waals surface area contributed by atoms with Crippen LogP contribution in [0.3, 0.4) is 0 Å². The van der Waals surface area contributed by atoms with E-state index in [1.165, 1.54) is 5.56 Å². The number of nitrogens with one attached hydrogen (secondary N) is 1. The summed E-state index contributed by atoms with van der Waals surface area (Å²) in [6.45, 7) is 0.311. The molecule has 5 aromatic rings. The first-order valence-corrected chi connectivity index (χ1v) is 21.2. The van der Waals surface area contributed by atoms with Crippen LogP contribution in [0.15, 0.2) is 132 Å². The van der Waals surface area contributed by atoms with E-state index in [0.717, 1.165) is 64.4 Å². The first-order chi connectivity index (χ1) is 29.7. The minimum absolute atomic E-state index is 0.0589. The lowest BCUT2D eigenvalue weighted by molar-refractivity contribution is -0.121. The molecule has 6 bridgehead atoms. The van der Waals surface area contributed by atoms with E-state index >= 15 is 0 Å². The number of Topliss-reactive ketones (excluding diaryl/α,β-unsaturated/α-hetero) is 1. The monoisotopic (exact) mass is 817 g/mol. The zero-order chi connectivity index (χ0) is 42.6. The molecule has 2 heterocycles. The second kappa shape index (κ2) is 20.5. The molecular formula is C52H55N3O6. The van der Waals surface area contributed by atoms with E-state index in [1.54, 1.807) is 26.3 Å². The lowest BCUT2D eigenvalue weighted by Gasteiger charge is -2.28. The number of benzene rings is 5. The summed E-state index contributed by atoms with van der Waals surface area (Å²) >= 11 is 0. The van der Waals surface area contributed by atoms with Crippen LogP contribution in [0, 0.1) is 23.9 Å². The Labute approximate surface area is 359 Å². The van der Waals surface area contributed by atoms with Crippen LogP contribution in [0.2, 0.25) is 0 Å². The van der Waals surface area contributed by atoms with Crippen molar-refractivity contribution >= 4 is 28.2 Å². The van der Waals surface area contributed by atoms with Crippen LogP contribution in [0.25, 0.3) is 10.8 Å². The van der Waals surface area contributed by atoms with Gasteiger partial charge in [0, 0.05) is 31.1 Å². The first kappa shape index (κ1) is 42.5. The molecule has 4 atom stereocenters. The number of phenolic OH excluding ortho intramolecular Hbond substituents is 1. The molecule has 9 heteroatoms. The van der Waals surface area contributed by atoms with Crippen molar-refractivity contribution in [1.82, 2.24) is 0 Å². The highest BCUT2D eigenvalue weighted by Gasteiger charge is 2.27. The Hall–Kier alpha value is -6.66. The molecule has 61 heavy (non-hydrogen) atoms. The molecule has 5 N–H and O–H groups in total. The summed E-state index contributed by atoms with van der Waals surface area (Å²) in [5.74, 6) is 5.07. The Bertz CT molecular complexity index is 2460. The second-order valence-electron chi connectivity index (χ2n) is 16.0. The lowest BCUT2D eigenvalue weighted by atomic mass is 9.80. The molecule has 0 spiro atoms. The van der Waals surface area contributed by atoms with Gasteiger partial charge in [0.2, 0.25) is 0 Å². The zero-order valence-corrected chi connectivity index (χ0v) is 35.0. The number of rotatable bonds is 11. The number of ether oxygens (including phenoxy) is 3. The van der Waals surface area contributed by atoms with Gasteiger partial charge in [-0.2, -0.15) is 0 Å². The molecule has 8 rings (SSSR count). The molecule has 0 unspecified atom stereocenters. The molecule has 5 aromatic carbocycles. The third-order valence-electron chi connectivity index (χ3n) is 11.6. The van der Waals surface area contributed by atoms with Gasteiger partial charge in [-0.1, -0.05) is 85.1 Å². The molecule has 0 saturated heterocycles. The van der Waals surface area contributed by atoms with Gasteiger partial charge in [0.05, 0.1) is 13.0 Å². The van der Waals surface area contributed by atoms with Crippen LogP contribution in [-0.4, -0.2) is 42.2 Å². The van der Waals surface area contributed by atoms with Gasteiger partial charge >= 0.3 is 0 Å². The molecule has 3 aliphatic rings.